The summed E-state index contributed by atoms with van der Waals surface area (Å²) in [6.45, 7) is 5.10. The monoisotopic (exact) mass is 369 g/mol. The van der Waals surface area contributed by atoms with Crippen LogP contribution in [0, 0.1) is 5.92 Å². The lowest BCUT2D eigenvalue weighted by Crippen LogP contribution is -2.42. The molecule has 27 heavy (non-hydrogen) atoms. The van der Waals surface area contributed by atoms with Crippen molar-refractivity contribution in [2.45, 2.75) is 64.0 Å². The van der Waals surface area contributed by atoms with Crippen molar-refractivity contribution in [2.75, 3.05) is 6.61 Å². The molecule has 0 unspecified atom stereocenters. The number of hydrogen-bond acceptors (Lipinski definition) is 5. The number of rotatable bonds is 6. The average molecular weight is 369 g/mol. The maximum atomic E-state index is 12.7. The van der Waals surface area contributed by atoms with E-state index < -0.39 is 0 Å². The molecule has 1 aliphatic heterocycles. The second-order valence-electron chi connectivity index (χ2n) is 8.13. The summed E-state index contributed by atoms with van der Waals surface area (Å²) in [6, 6.07) is 7.59. The molecule has 1 amide bonds. The van der Waals surface area contributed by atoms with Crippen LogP contribution in [0.1, 0.15) is 68.1 Å². The van der Waals surface area contributed by atoms with Crippen LogP contribution in [0.2, 0.25) is 0 Å². The fourth-order valence-electron chi connectivity index (χ4n) is 3.62. The van der Waals surface area contributed by atoms with Gasteiger partial charge in [-0.25, -0.2) is 0 Å². The topological polar surface area (TPSA) is 77.3 Å². The van der Waals surface area contributed by atoms with Crippen molar-refractivity contribution in [3.8, 4) is 11.4 Å². The summed E-state index contributed by atoms with van der Waals surface area (Å²) in [5, 5.41) is 7.23. The van der Waals surface area contributed by atoms with Crippen molar-refractivity contribution in [3.63, 3.8) is 0 Å². The van der Waals surface area contributed by atoms with E-state index in [-0.39, 0.29) is 18.1 Å². The molecule has 1 N–H and O–H groups in total. The van der Waals surface area contributed by atoms with Crippen LogP contribution in [0.4, 0.5) is 0 Å². The molecule has 1 aromatic heterocycles. The van der Waals surface area contributed by atoms with Crippen LogP contribution in [-0.4, -0.2) is 34.8 Å². The minimum Gasteiger partial charge on any atom is -0.378 e. The number of hydrogen-bond donors (Lipinski definition) is 1. The molecular weight excluding hydrogens is 342 g/mol. The van der Waals surface area contributed by atoms with Gasteiger partial charge in [0.2, 0.25) is 11.7 Å². The molecule has 0 radical (unpaired) electrons. The average Bonchev–Trinajstić information content (AvgIpc) is 3.38. The van der Waals surface area contributed by atoms with E-state index >= 15 is 0 Å². The first-order chi connectivity index (χ1) is 13.1. The molecule has 2 atom stereocenters. The largest absolute Gasteiger partial charge is 0.378 e. The molecule has 2 fully saturated rings. The molecule has 1 aliphatic carbocycles. The maximum Gasteiger partial charge on any atom is 0.251 e. The van der Waals surface area contributed by atoms with Gasteiger partial charge in [0.25, 0.3) is 5.91 Å². The molecule has 1 aromatic carbocycles. The number of carbonyl (C=O) groups is 1. The normalized spacial score (nSPS) is 22.8. The van der Waals surface area contributed by atoms with Crippen molar-refractivity contribution in [1.82, 2.24) is 15.5 Å². The van der Waals surface area contributed by atoms with Gasteiger partial charge in [-0.15, -0.1) is 0 Å². The Hall–Kier alpha value is -2.21. The van der Waals surface area contributed by atoms with Gasteiger partial charge >= 0.3 is 0 Å². The highest BCUT2D eigenvalue weighted by molar-refractivity contribution is 5.95. The highest BCUT2D eigenvalue weighted by Crippen LogP contribution is 2.39. The summed E-state index contributed by atoms with van der Waals surface area (Å²) in [7, 11) is 0. The molecule has 144 valence electrons. The zero-order valence-electron chi connectivity index (χ0n) is 16.0. The van der Waals surface area contributed by atoms with Crippen molar-refractivity contribution in [1.29, 1.82) is 0 Å². The Balaban J connectivity index is 1.41. The molecule has 1 saturated carbocycles. The summed E-state index contributed by atoms with van der Waals surface area (Å²) in [5.74, 6) is 2.22. The molecule has 2 heterocycles. The number of amides is 1. The number of benzene rings is 1. The fourth-order valence-corrected chi connectivity index (χ4v) is 3.62. The van der Waals surface area contributed by atoms with Crippen LogP contribution < -0.4 is 5.32 Å². The third-order valence-corrected chi connectivity index (χ3v) is 5.19. The maximum absolute atomic E-state index is 12.7. The highest BCUT2D eigenvalue weighted by Gasteiger charge is 2.30. The smallest absolute Gasteiger partial charge is 0.251 e. The van der Waals surface area contributed by atoms with Crippen molar-refractivity contribution in [3.05, 3.63) is 35.7 Å². The number of nitrogens with one attached hydrogen (secondary N) is 1. The lowest BCUT2D eigenvalue weighted by molar-refractivity contribution is -0.00846. The van der Waals surface area contributed by atoms with Gasteiger partial charge < -0.3 is 14.6 Å². The van der Waals surface area contributed by atoms with Gasteiger partial charge in [0, 0.05) is 29.7 Å². The predicted molar refractivity (Wildman–Crippen MR) is 101 cm³/mol. The molecule has 6 heteroatoms. The molecule has 0 bridgehead atoms. The molecular formula is C21H27N3O3. The van der Waals surface area contributed by atoms with E-state index in [1.165, 1.54) is 0 Å². The lowest BCUT2D eigenvalue weighted by atomic mass is 9.96. The second-order valence-corrected chi connectivity index (χ2v) is 8.13. The first kappa shape index (κ1) is 18.2. The fraction of sp³-hybridized carbons (Fsp3) is 0.571. The number of ether oxygens (including phenoxy) is 1. The summed E-state index contributed by atoms with van der Waals surface area (Å²) in [6.07, 6.45) is 5.23. The third kappa shape index (κ3) is 4.56. The molecule has 2 aromatic rings. The Morgan fingerprint density at radius 1 is 1.30 bits per heavy atom. The number of carbonyl (C=O) groups excluding carboxylic acids is 1. The summed E-state index contributed by atoms with van der Waals surface area (Å²) >= 11 is 0. The molecule has 1 saturated heterocycles. The van der Waals surface area contributed by atoms with Crippen LogP contribution >= 0.6 is 0 Å². The quantitative estimate of drug-likeness (QED) is 0.834. The van der Waals surface area contributed by atoms with Gasteiger partial charge in [-0.05, 0) is 50.2 Å². The van der Waals surface area contributed by atoms with Gasteiger partial charge in [-0.3, -0.25) is 4.79 Å². The number of nitrogens with zero attached hydrogens (tertiary/aromatic N) is 2. The summed E-state index contributed by atoms with van der Waals surface area (Å²) in [4.78, 5) is 17.2. The van der Waals surface area contributed by atoms with E-state index in [1.54, 1.807) is 0 Å². The minimum absolute atomic E-state index is 0.0574. The molecule has 6 nitrogen and oxygen atoms in total. The Kier molecular flexibility index (Phi) is 5.25. The van der Waals surface area contributed by atoms with Gasteiger partial charge in [0.05, 0.1) is 6.10 Å². The van der Waals surface area contributed by atoms with Crippen molar-refractivity contribution < 1.29 is 14.1 Å². The zero-order valence-corrected chi connectivity index (χ0v) is 16.0. The third-order valence-electron chi connectivity index (χ3n) is 5.19. The second kappa shape index (κ2) is 7.80. The van der Waals surface area contributed by atoms with E-state index in [2.05, 4.69) is 29.3 Å². The molecule has 0 spiro atoms. The Morgan fingerprint density at radius 3 is 2.93 bits per heavy atom. The SMILES string of the molecule is CC(C)C[C@@H]1C[C@@H](NC(=O)c2cccc(-c3noc(C4CC4)n3)c2)CCO1. The van der Waals surface area contributed by atoms with Crippen molar-refractivity contribution in [2.24, 2.45) is 5.92 Å². The predicted octanol–water partition coefficient (Wildman–Crippen LogP) is 3.94. The van der Waals surface area contributed by atoms with E-state index in [4.69, 9.17) is 9.26 Å². The van der Waals surface area contributed by atoms with Gasteiger partial charge in [0.15, 0.2) is 0 Å². The standard InChI is InChI=1S/C21H27N3O3/c1-13(2)10-18-12-17(8-9-26-18)22-20(25)16-5-3-4-15(11-16)19-23-21(27-24-19)14-6-7-14/h3-5,11,13-14,17-18H,6-10,12H2,1-2H3,(H,22,25)/t17-,18+/m0/s1. The van der Waals surface area contributed by atoms with E-state index in [1.807, 2.05) is 24.3 Å². The van der Waals surface area contributed by atoms with E-state index in [9.17, 15) is 4.79 Å². The summed E-state index contributed by atoms with van der Waals surface area (Å²) < 4.78 is 11.2. The van der Waals surface area contributed by atoms with E-state index in [0.29, 0.717) is 35.7 Å². The van der Waals surface area contributed by atoms with Gasteiger partial charge in [0.1, 0.15) is 0 Å². The van der Waals surface area contributed by atoms with Gasteiger partial charge in [-0.2, -0.15) is 4.98 Å². The van der Waals surface area contributed by atoms with Crippen LogP contribution in [0.25, 0.3) is 11.4 Å². The first-order valence-corrected chi connectivity index (χ1v) is 9.95. The van der Waals surface area contributed by atoms with Gasteiger partial charge in [-0.1, -0.05) is 31.1 Å². The lowest BCUT2D eigenvalue weighted by Gasteiger charge is -2.31. The Morgan fingerprint density at radius 2 is 2.15 bits per heavy atom. The van der Waals surface area contributed by atoms with Crippen LogP contribution in [0.3, 0.4) is 0 Å². The minimum atomic E-state index is -0.0574. The zero-order chi connectivity index (χ0) is 18.8. The van der Waals surface area contributed by atoms with Crippen LogP contribution in [-0.2, 0) is 4.74 Å². The van der Waals surface area contributed by atoms with E-state index in [0.717, 1.165) is 37.7 Å². The Labute approximate surface area is 159 Å². The Bertz CT molecular complexity index is 797. The van der Waals surface area contributed by atoms with Crippen LogP contribution in [0.15, 0.2) is 28.8 Å². The van der Waals surface area contributed by atoms with Crippen molar-refractivity contribution >= 4 is 5.91 Å². The molecule has 4 rings (SSSR count). The molecule has 2 aliphatic rings. The highest BCUT2D eigenvalue weighted by atomic mass is 16.5. The van der Waals surface area contributed by atoms with Crippen LogP contribution in [0.5, 0.6) is 0 Å². The first-order valence-electron chi connectivity index (χ1n) is 9.95. The number of aromatic nitrogens is 2. The summed E-state index contributed by atoms with van der Waals surface area (Å²) in [5.41, 5.74) is 1.43.